The molecule has 1 amide bonds. The summed E-state index contributed by atoms with van der Waals surface area (Å²) >= 11 is 0. The number of rotatable bonds is 4. The first-order chi connectivity index (χ1) is 9.63. The Labute approximate surface area is 116 Å². The average molecular weight is 274 g/mol. The Hall–Kier alpha value is -2.63. The summed E-state index contributed by atoms with van der Waals surface area (Å²) in [5.74, 6) is -0.965. The summed E-state index contributed by atoms with van der Waals surface area (Å²) in [6.07, 6.45) is 1.42. The van der Waals surface area contributed by atoms with Gasteiger partial charge < -0.3 is 10.1 Å². The highest BCUT2D eigenvalue weighted by Gasteiger charge is 2.27. The van der Waals surface area contributed by atoms with E-state index >= 15 is 0 Å². The number of para-hydroxylation sites is 1. The molecule has 1 aromatic carbocycles. The Bertz CT molecular complexity index is 634. The van der Waals surface area contributed by atoms with Crippen LogP contribution in [0.1, 0.15) is 33.5 Å². The molecule has 20 heavy (non-hydrogen) atoms. The lowest BCUT2D eigenvalue weighted by molar-refractivity contribution is -0.379. The summed E-state index contributed by atoms with van der Waals surface area (Å²) in [4.78, 5) is 29.3. The molecule has 3 N–H and O–H groups in total. The molecule has 0 saturated carbocycles. The molecule has 6 nitrogen and oxygen atoms in total. The van der Waals surface area contributed by atoms with Gasteiger partial charge in [-0.05, 0) is 25.5 Å². The zero-order valence-corrected chi connectivity index (χ0v) is 11.3. The van der Waals surface area contributed by atoms with Gasteiger partial charge in [0.15, 0.2) is 0 Å². The van der Waals surface area contributed by atoms with Crippen LogP contribution in [0, 0.1) is 6.92 Å². The van der Waals surface area contributed by atoms with Gasteiger partial charge in [0.1, 0.15) is 0 Å². The van der Waals surface area contributed by atoms with Crippen molar-refractivity contribution in [2.75, 3.05) is 11.9 Å². The second-order valence-corrected chi connectivity index (χ2v) is 4.17. The Morgan fingerprint density at radius 1 is 1.35 bits per heavy atom. The highest BCUT2D eigenvalue weighted by Crippen LogP contribution is 2.14. The van der Waals surface area contributed by atoms with Crippen molar-refractivity contribution < 1.29 is 19.3 Å². The number of carbonyl (C=O) groups is 2. The van der Waals surface area contributed by atoms with Crippen molar-refractivity contribution in [3.05, 3.63) is 47.5 Å². The van der Waals surface area contributed by atoms with Gasteiger partial charge in [0.05, 0.1) is 6.61 Å². The van der Waals surface area contributed by atoms with Crippen LogP contribution in [-0.2, 0) is 4.74 Å². The first-order valence-corrected chi connectivity index (χ1v) is 6.26. The minimum absolute atomic E-state index is 0.109. The van der Waals surface area contributed by atoms with Crippen LogP contribution in [0.15, 0.2) is 30.6 Å². The lowest BCUT2D eigenvalue weighted by Gasteiger charge is -2.06. The van der Waals surface area contributed by atoms with Crippen molar-refractivity contribution in [2.45, 2.75) is 13.8 Å². The highest BCUT2D eigenvalue weighted by molar-refractivity contribution is 6.08. The Morgan fingerprint density at radius 3 is 2.80 bits per heavy atom. The molecule has 0 aliphatic carbocycles. The van der Waals surface area contributed by atoms with Crippen molar-refractivity contribution in [2.24, 2.45) is 0 Å². The first-order valence-electron chi connectivity index (χ1n) is 6.26. The number of imidazole rings is 1. The lowest BCUT2D eigenvalue weighted by Crippen LogP contribution is -2.24. The number of carbonyl (C=O) groups excluding carboxylic acids is 2. The Morgan fingerprint density at radius 2 is 2.10 bits per heavy atom. The van der Waals surface area contributed by atoms with Crippen molar-refractivity contribution in [1.82, 2.24) is 4.98 Å². The Balaban J connectivity index is 2.20. The fourth-order valence-electron chi connectivity index (χ4n) is 1.77. The SMILES string of the molecule is CCOC(=O)c1[nH]c[nH+]c1C(=O)Nc1ccccc1C. The average Bonchev–Trinajstić information content (AvgIpc) is 2.91. The molecule has 1 aromatic heterocycles. The van der Waals surface area contributed by atoms with Crippen LogP contribution in [0.4, 0.5) is 5.69 Å². The molecule has 104 valence electrons. The van der Waals surface area contributed by atoms with Crippen molar-refractivity contribution in [3.63, 3.8) is 0 Å². The molecular formula is C14H16N3O3+. The maximum atomic E-state index is 12.2. The van der Waals surface area contributed by atoms with Gasteiger partial charge in [0.2, 0.25) is 12.0 Å². The van der Waals surface area contributed by atoms with Gasteiger partial charge in [0, 0.05) is 5.69 Å². The first kappa shape index (κ1) is 13.8. The molecule has 0 bridgehead atoms. The van der Waals surface area contributed by atoms with Crippen LogP contribution in [0.2, 0.25) is 0 Å². The van der Waals surface area contributed by atoms with Crippen LogP contribution in [0.3, 0.4) is 0 Å². The standard InChI is InChI=1S/C14H15N3O3/c1-3-20-14(19)12-11(15-8-16-12)13(18)17-10-7-5-4-6-9(10)2/h4-8H,3H2,1-2H3,(H,15,16)(H,17,18)/p+1. The largest absolute Gasteiger partial charge is 0.460 e. The fraction of sp³-hybridized carbons (Fsp3) is 0.214. The summed E-state index contributed by atoms with van der Waals surface area (Å²) in [7, 11) is 0. The van der Waals surface area contributed by atoms with E-state index in [1.807, 2.05) is 25.1 Å². The number of benzene rings is 1. The van der Waals surface area contributed by atoms with Gasteiger partial charge >= 0.3 is 5.97 Å². The van der Waals surface area contributed by atoms with Gasteiger partial charge in [-0.3, -0.25) is 4.79 Å². The van der Waals surface area contributed by atoms with Crippen molar-refractivity contribution in [1.29, 1.82) is 0 Å². The lowest BCUT2D eigenvalue weighted by atomic mass is 10.2. The predicted octanol–water partition coefficient (Wildman–Crippen LogP) is 1.57. The number of aromatic amines is 2. The number of aromatic nitrogens is 2. The van der Waals surface area contributed by atoms with Gasteiger partial charge in [-0.15, -0.1) is 0 Å². The number of hydrogen-bond donors (Lipinski definition) is 2. The number of nitrogens with one attached hydrogen (secondary N) is 3. The van der Waals surface area contributed by atoms with E-state index in [4.69, 9.17) is 4.74 Å². The number of anilines is 1. The van der Waals surface area contributed by atoms with E-state index in [1.165, 1.54) is 6.33 Å². The van der Waals surface area contributed by atoms with E-state index < -0.39 is 11.9 Å². The molecule has 0 aliphatic heterocycles. The minimum Gasteiger partial charge on any atom is -0.460 e. The second kappa shape index (κ2) is 6.01. The van der Waals surface area contributed by atoms with E-state index in [0.29, 0.717) is 5.69 Å². The van der Waals surface area contributed by atoms with E-state index in [-0.39, 0.29) is 18.0 Å². The van der Waals surface area contributed by atoms with E-state index in [1.54, 1.807) is 13.0 Å². The van der Waals surface area contributed by atoms with Gasteiger partial charge in [0.25, 0.3) is 11.6 Å². The van der Waals surface area contributed by atoms with Crippen molar-refractivity contribution >= 4 is 17.6 Å². The number of H-pyrrole nitrogens is 2. The maximum absolute atomic E-state index is 12.2. The van der Waals surface area contributed by atoms with Gasteiger partial charge in [-0.1, -0.05) is 18.2 Å². The molecule has 0 atom stereocenters. The van der Waals surface area contributed by atoms with Gasteiger partial charge in [-0.25, -0.2) is 14.8 Å². The topological polar surface area (TPSA) is 85.3 Å². The molecule has 0 spiro atoms. The fourth-order valence-corrected chi connectivity index (χ4v) is 1.77. The normalized spacial score (nSPS) is 10.1. The summed E-state index contributed by atoms with van der Waals surface area (Å²) in [6, 6.07) is 7.40. The monoisotopic (exact) mass is 274 g/mol. The van der Waals surface area contributed by atoms with Crippen LogP contribution < -0.4 is 10.3 Å². The minimum atomic E-state index is -0.566. The molecule has 6 heteroatoms. The molecule has 2 rings (SSSR count). The van der Waals surface area contributed by atoms with E-state index in [2.05, 4.69) is 15.3 Å². The van der Waals surface area contributed by atoms with Crippen molar-refractivity contribution in [3.8, 4) is 0 Å². The third kappa shape index (κ3) is 2.85. The highest BCUT2D eigenvalue weighted by atomic mass is 16.5. The Kier molecular flexibility index (Phi) is 4.14. The number of esters is 1. The molecule has 0 aliphatic rings. The molecule has 0 fully saturated rings. The molecule has 2 aromatic rings. The number of aryl methyl sites for hydroxylation is 1. The molecule has 0 saturated heterocycles. The summed E-state index contributed by atoms with van der Waals surface area (Å²) in [5, 5.41) is 2.75. The summed E-state index contributed by atoms with van der Waals surface area (Å²) < 4.78 is 4.88. The summed E-state index contributed by atoms with van der Waals surface area (Å²) in [5.41, 5.74) is 1.89. The second-order valence-electron chi connectivity index (χ2n) is 4.17. The smallest absolute Gasteiger partial charge is 0.383 e. The molecule has 0 unspecified atom stereocenters. The summed E-state index contributed by atoms with van der Waals surface area (Å²) in [6.45, 7) is 3.84. The third-order valence-corrected chi connectivity index (χ3v) is 2.78. The number of amides is 1. The zero-order chi connectivity index (χ0) is 14.5. The quantitative estimate of drug-likeness (QED) is 0.830. The zero-order valence-electron chi connectivity index (χ0n) is 11.3. The molecular weight excluding hydrogens is 258 g/mol. The van der Waals surface area contributed by atoms with Gasteiger partial charge in [-0.2, -0.15) is 0 Å². The predicted molar refractivity (Wildman–Crippen MR) is 72.4 cm³/mol. The van der Waals surface area contributed by atoms with Crippen LogP contribution in [-0.4, -0.2) is 23.5 Å². The van der Waals surface area contributed by atoms with Crippen LogP contribution in [0.5, 0.6) is 0 Å². The van der Waals surface area contributed by atoms with Crippen LogP contribution >= 0.6 is 0 Å². The molecule has 0 radical (unpaired) electrons. The van der Waals surface area contributed by atoms with E-state index in [0.717, 1.165) is 5.56 Å². The van der Waals surface area contributed by atoms with Crippen LogP contribution in [0.25, 0.3) is 0 Å². The maximum Gasteiger partial charge on any atom is 0.383 e. The number of ether oxygens (including phenoxy) is 1. The number of hydrogen-bond acceptors (Lipinski definition) is 3. The van der Waals surface area contributed by atoms with E-state index in [9.17, 15) is 9.59 Å². The third-order valence-electron chi connectivity index (χ3n) is 2.78. The molecule has 1 heterocycles.